The SMILES string of the molecule is COc1ccc(CNC(=O)NCCc2ccccn2)cc1OC1CCCC1. The van der Waals surface area contributed by atoms with Gasteiger partial charge in [-0.2, -0.15) is 0 Å². The van der Waals surface area contributed by atoms with Crippen LogP contribution in [0, 0.1) is 0 Å². The molecule has 1 fully saturated rings. The molecule has 0 atom stereocenters. The van der Waals surface area contributed by atoms with Crippen molar-refractivity contribution in [2.75, 3.05) is 13.7 Å². The lowest BCUT2D eigenvalue weighted by molar-refractivity contribution is 0.200. The third-order valence-corrected chi connectivity index (χ3v) is 4.67. The second-order valence-corrected chi connectivity index (χ2v) is 6.69. The molecule has 1 aliphatic rings. The Morgan fingerprint density at radius 3 is 2.74 bits per heavy atom. The molecule has 2 N–H and O–H groups in total. The lowest BCUT2D eigenvalue weighted by Gasteiger charge is -2.17. The number of hydrogen-bond donors (Lipinski definition) is 2. The van der Waals surface area contributed by atoms with Crippen molar-refractivity contribution in [3.8, 4) is 11.5 Å². The van der Waals surface area contributed by atoms with E-state index >= 15 is 0 Å². The molecule has 2 amide bonds. The summed E-state index contributed by atoms with van der Waals surface area (Å²) in [6, 6.07) is 11.4. The predicted octanol–water partition coefficient (Wildman–Crippen LogP) is 3.45. The first-order valence-corrected chi connectivity index (χ1v) is 9.50. The van der Waals surface area contributed by atoms with E-state index in [9.17, 15) is 4.79 Å². The van der Waals surface area contributed by atoms with E-state index in [1.165, 1.54) is 12.8 Å². The molecule has 0 saturated heterocycles. The zero-order valence-electron chi connectivity index (χ0n) is 15.7. The molecule has 6 heteroatoms. The number of rotatable bonds is 8. The Bertz CT molecular complexity index is 731. The average molecular weight is 369 g/mol. The Morgan fingerprint density at radius 1 is 1.15 bits per heavy atom. The molecule has 0 spiro atoms. The van der Waals surface area contributed by atoms with E-state index in [0.29, 0.717) is 19.5 Å². The Labute approximate surface area is 160 Å². The molecular formula is C21H27N3O3. The monoisotopic (exact) mass is 369 g/mol. The Kier molecular flexibility index (Phi) is 6.90. The average Bonchev–Trinajstić information content (AvgIpc) is 3.20. The first kappa shape index (κ1) is 19.0. The number of aromatic nitrogens is 1. The molecule has 0 radical (unpaired) electrons. The number of nitrogens with zero attached hydrogens (tertiary/aromatic N) is 1. The van der Waals surface area contributed by atoms with Crippen molar-refractivity contribution in [1.29, 1.82) is 0 Å². The van der Waals surface area contributed by atoms with Crippen LogP contribution in [0.2, 0.25) is 0 Å². The van der Waals surface area contributed by atoms with Gasteiger partial charge >= 0.3 is 6.03 Å². The first-order chi connectivity index (χ1) is 13.2. The van der Waals surface area contributed by atoms with Crippen molar-refractivity contribution in [2.24, 2.45) is 0 Å². The molecule has 1 saturated carbocycles. The number of methoxy groups -OCH3 is 1. The van der Waals surface area contributed by atoms with E-state index in [2.05, 4.69) is 15.6 Å². The standard InChI is InChI=1S/C21H27N3O3/c1-26-19-10-9-16(14-20(19)27-18-7-2-3-8-18)15-24-21(25)23-13-11-17-6-4-5-12-22-17/h4-6,9-10,12,14,18H,2-3,7-8,11,13,15H2,1H3,(H2,23,24,25). The van der Waals surface area contributed by atoms with E-state index in [1.807, 2.05) is 36.4 Å². The highest BCUT2D eigenvalue weighted by atomic mass is 16.5. The van der Waals surface area contributed by atoms with Gasteiger partial charge in [0.15, 0.2) is 11.5 Å². The summed E-state index contributed by atoms with van der Waals surface area (Å²) in [5, 5.41) is 5.73. The van der Waals surface area contributed by atoms with Crippen LogP contribution in [0.4, 0.5) is 4.79 Å². The smallest absolute Gasteiger partial charge is 0.315 e. The normalized spacial score (nSPS) is 14.0. The van der Waals surface area contributed by atoms with Crippen LogP contribution in [0.1, 0.15) is 36.9 Å². The summed E-state index contributed by atoms with van der Waals surface area (Å²) in [7, 11) is 1.64. The molecular weight excluding hydrogens is 342 g/mol. The minimum Gasteiger partial charge on any atom is -0.493 e. The van der Waals surface area contributed by atoms with Crippen molar-refractivity contribution < 1.29 is 14.3 Å². The Balaban J connectivity index is 1.47. The van der Waals surface area contributed by atoms with Gasteiger partial charge in [-0.05, 0) is 55.5 Å². The zero-order chi connectivity index (χ0) is 18.9. The number of pyridine rings is 1. The summed E-state index contributed by atoms with van der Waals surface area (Å²) in [6.45, 7) is 0.974. The van der Waals surface area contributed by atoms with E-state index in [1.54, 1.807) is 13.3 Å². The van der Waals surface area contributed by atoms with Crippen LogP contribution in [-0.4, -0.2) is 30.8 Å². The van der Waals surface area contributed by atoms with Crippen LogP contribution in [-0.2, 0) is 13.0 Å². The summed E-state index contributed by atoms with van der Waals surface area (Å²) in [5.74, 6) is 1.48. The van der Waals surface area contributed by atoms with Gasteiger partial charge in [-0.15, -0.1) is 0 Å². The molecule has 1 heterocycles. The Morgan fingerprint density at radius 2 is 2.00 bits per heavy atom. The van der Waals surface area contributed by atoms with E-state index in [0.717, 1.165) is 35.6 Å². The summed E-state index contributed by atoms with van der Waals surface area (Å²) in [6.07, 6.45) is 7.33. The molecule has 2 aromatic rings. The quantitative estimate of drug-likeness (QED) is 0.747. The van der Waals surface area contributed by atoms with Gasteiger partial charge in [-0.25, -0.2) is 4.79 Å². The molecule has 144 valence electrons. The highest BCUT2D eigenvalue weighted by Gasteiger charge is 2.18. The molecule has 27 heavy (non-hydrogen) atoms. The highest BCUT2D eigenvalue weighted by Crippen LogP contribution is 2.32. The molecule has 1 aromatic carbocycles. The third kappa shape index (κ3) is 5.88. The van der Waals surface area contributed by atoms with Gasteiger partial charge in [0.25, 0.3) is 0 Å². The molecule has 1 aromatic heterocycles. The molecule has 1 aliphatic carbocycles. The van der Waals surface area contributed by atoms with Gasteiger partial charge in [0.05, 0.1) is 13.2 Å². The third-order valence-electron chi connectivity index (χ3n) is 4.67. The number of carbonyl (C=O) groups excluding carboxylic acids is 1. The zero-order valence-corrected chi connectivity index (χ0v) is 15.7. The fourth-order valence-corrected chi connectivity index (χ4v) is 3.20. The number of urea groups is 1. The second kappa shape index (κ2) is 9.80. The van der Waals surface area contributed by atoms with Crippen molar-refractivity contribution in [3.05, 3.63) is 53.9 Å². The summed E-state index contributed by atoms with van der Waals surface area (Å²) < 4.78 is 11.5. The van der Waals surface area contributed by atoms with Crippen LogP contribution < -0.4 is 20.1 Å². The minimum absolute atomic E-state index is 0.194. The predicted molar refractivity (Wildman–Crippen MR) is 104 cm³/mol. The van der Waals surface area contributed by atoms with Gasteiger partial charge in [-0.3, -0.25) is 4.98 Å². The lowest BCUT2D eigenvalue weighted by atomic mass is 10.2. The van der Waals surface area contributed by atoms with Gasteiger partial charge < -0.3 is 20.1 Å². The van der Waals surface area contributed by atoms with Crippen molar-refractivity contribution in [3.63, 3.8) is 0 Å². The minimum atomic E-state index is -0.194. The topological polar surface area (TPSA) is 72.5 Å². The number of ether oxygens (including phenoxy) is 2. The number of amides is 2. The molecule has 0 unspecified atom stereocenters. The van der Waals surface area contributed by atoms with Crippen molar-refractivity contribution >= 4 is 6.03 Å². The Hall–Kier alpha value is -2.76. The van der Waals surface area contributed by atoms with Gasteiger partial charge in [0, 0.05) is 31.4 Å². The number of hydrogen-bond acceptors (Lipinski definition) is 4. The summed E-state index contributed by atoms with van der Waals surface area (Å²) >= 11 is 0. The number of benzene rings is 1. The van der Waals surface area contributed by atoms with E-state index in [-0.39, 0.29) is 12.1 Å². The van der Waals surface area contributed by atoms with Crippen LogP contribution in [0.3, 0.4) is 0 Å². The van der Waals surface area contributed by atoms with Crippen molar-refractivity contribution in [2.45, 2.75) is 44.8 Å². The van der Waals surface area contributed by atoms with Gasteiger partial charge in [0.1, 0.15) is 0 Å². The second-order valence-electron chi connectivity index (χ2n) is 6.69. The van der Waals surface area contributed by atoms with Crippen LogP contribution in [0.15, 0.2) is 42.6 Å². The molecule has 3 rings (SSSR count). The summed E-state index contributed by atoms with van der Waals surface area (Å²) in [4.78, 5) is 16.2. The van der Waals surface area contributed by atoms with Gasteiger partial charge in [0.2, 0.25) is 0 Å². The fraction of sp³-hybridized carbons (Fsp3) is 0.429. The van der Waals surface area contributed by atoms with E-state index in [4.69, 9.17) is 9.47 Å². The molecule has 6 nitrogen and oxygen atoms in total. The molecule has 0 bridgehead atoms. The maximum absolute atomic E-state index is 12.0. The van der Waals surface area contributed by atoms with Gasteiger partial charge in [-0.1, -0.05) is 12.1 Å². The summed E-state index contributed by atoms with van der Waals surface area (Å²) in [5.41, 5.74) is 1.94. The maximum atomic E-state index is 12.0. The van der Waals surface area contributed by atoms with Crippen molar-refractivity contribution in [1.82, 2.24) is 15.6 Å². The maximum Gasteiger partial charge on any atom is 0.315 e. The molecule has 0 aliphatic heterocycles. The number of nitrogens with one attached hydrogen (secondary N) is 2. The largest absolute Gasteiger partial charge is 0.493 e. The van der Waals surface area contributed by atoms with Crippen LogP contribution in [0.25, 0.3) is 0 Å². The fourth-order valence-electron chi connectivity index (χ4n) is 3.20. The van der Waals surface area contributed by atoms with Crippen LogP contribution in [0.5, 0.6) is 11.5 Å². The first-order valence-electron chi connectivity index (χ1n) is 9.50. The lowest BCUT2D eigenvalue weighted by Crippen LogP contribution is -2.36. The van der Waals surface area contributed by atoms with Crippen LogP contribution >= 0.6 is 0 Å². The number of carbonyl (C=O) groups is 1. The highest BCUT2D eigenvalue weighted by molar-refractivity contribution is 5.73. The van der Waals surface area contributed by atoms with E-state index < -0.39 is 0 Å².